The fraction of sp³-hybridized carbons (Fsp3) is 0.294. The van der Waals surface area contributed by atoms with Gasteiger partial charge in [0.2, 0.25) is 0 Å². The van der Waals surface area contributed by atoms with Crippen LogP contribution in [-0.4, -0.2) is 5.60 Å². The Morgan fingerprint density at radius 1 is 1.15 bits per heavy atom. The second-order valence-electron chi connectivity index (χ2n) is 5.69. The van der Waals surface area contributed by atoms with E-state index >= 15 is 0 Å². The third-order valence-corrected chi connectivity index (χ3v) is 3.93. The van der Waals surface area contributed by atoms with E-state index in [9.17, 15) is 0 Å². The van der Waals surface area contributed by atoms with Crippen LogP contribution in [0.25, 0.3) is 0 Å². The Morgan fingerprint density at radius 2 is 1.95 bits per heavy atom. The summed E-state index contributed by atoms with van der Waals surface area (Å²) in [4.78, 5) is 0. The molecule has 2 aromatic rings. The molecule has 2 aromatic carbocycles. The molecule has 0 spiro atoms. The summed E-state index contributed by atoms with van der Waals surface area (Å²) < 4.78 is 6.03. The van der Waals surface area contributed by atoms with Crippen LogP contribution in [0.4, 0.5) is 0 Å². The smallest absolute Gasteiger partial charge is 0.125 e. The molecule has 0 amide bonds. The quantitative estimate of drug-likeness (QED) is 0.906. The second kappa shape index (κ2) is 5.12. The summed E-state index contributed by atoms with van der Waals surface area (Å²) in [6.45, 7) is 5.00. The molecule has 3 heteroatoms. The molecule has 20 heavy (non-hydrogen) atoms. The van der Waals surface area contributed by atoms with E-state index in [2.05, 4.69) is 37.4 Å². The van der Waals surface area contributed by atoms with Crippen molar-refractivity contribution in [2.24, 2.45) is 0 Å². The number of hydrogen-bond acceptors (Lipinski definition) is 2. The average molecular weight is 288 g/mol. The summed E-state index contributed by atoms with van der Waals surface area (Å²) in [5.74, 6) is 0.973. The summed E-state index contributed by atoms with van der Waals surface area (Å²) >= 11 is 6.02. The van der Waals surface area contributed by atoms with E-state index in [1.165, 1.54) is 11.1 Å². The van der Waals surface area contributed by atoms with E-state index in [0.717, 1.165) is 17.3 Å². The molecular formula is C17H18ClNO. The van der Waals surface area contributed by atoms with Gasteiger partial charge in [0.1, 0.15) is 11.4 Å². The van der Waals surface area contributed by atoms with Crippen LogP contribution in [0.2, 0.25) is 5.02 Å². The van der Waals surface area contributed by atoms with Crippen molar-refractivity contribution < 1.29 is 4.74 Å². The molecule has 0 saturated heterocycles. The van der Waals surface area contributed by atoms with Gasteiger partial charge < -0.3 is 10.1 Å². The van der Waals surface area contributed by atoms with Crippen LogP contribution in [0.5, 0.6) is 5.75 Å². The first-order valence-electron chi connectivity index (χ1n) is 6.82. The summed E-state index contributed by atoms with van der Waals surface area (Å²) in [6, 6.07) is 16.3. The molecule has 1 aliphatic heterocycles. The van der Waals surface area contributed by atoms with E-state index < -0.39 is 0 Å². The Morgan fingerprint density at radius 3 is 2.75 bits per heavy atom. The second-order valence-corrected chi connectivity index (χ2v) is 6.12. The number of ether oxygens (including phenoxy) is 1. The van der Waals surface area contributed by atoms with E-state index in [4.69, 9.17) is 16.3 Å². The number of rotatable bonds is 3. The van der Waals surface area contributed by atoms with Gasteiger partial charge in [-0.3, -0.25) is 0 Å². The number of para-hydroxylation sites is 1. The molecule has 0 fully saturated rings. The van der Waals surface area contributed by atoms with Crippen molar-refractivity contribution in [3.63, 3.8) is 0 Å². The number of fused-ring (bicyclic) bond motifs is 1. The van der Waals surface area contributed by atoms with Crippen LogP contribution < -0.4 is 10.1 Å². The van der Waals surface area contributed by atoms with Gasteiger partial charge in [-0.15, -0.1) is 0 Å². The maximum atomic E-state index is 6.03. The van der Waals surface area contributed by atoms with Gasteiger partial charge in [-0.05, 0) is 37.6 Å². The standard InChI is InChI=1S/C17H18ClNO/c1-17(2)16(14-8-3-4-9-15(14)20-17)19-11-12-6-5-7-13(18)10-12/h3-10,16,19H,11H2,1-2H3. The number of hydrogen-bond donors (Lipinski definition) is 1. The van der Waals surface area contributed by atoms with Gasteiger partial charge in [-0.2, -0.15) is 0 Å². The molecule has 0 radical (unpaired) electrons. The zero-order chi connectivity index (χ0) is 14.2. The minimum absolute atomic E-state index is 0.178. The van der Waals surface area contributed by atoms with Crippen molar-refractivity contribution in [3.8, 4) is 5.75 Å². The minimum Gasteiger partial charge on any atom is -0.486 e. The lowest BCUT2D eigenvalue weighted by atomic mass is 9.94. The van der Waals surface area contributed by atoms with Crippen LogP contribution in [0.1, 0.15) is 31.0 Å². The van der Waals surface area contributed by atoms with E-state index in [1.807, 2.05) is 30.3 Å². The summed E-state index contributed by atoms with van der Waals surface area (Å²) in [5, 5.41) is 4.36. The molecule has 1 atom stereocenters. The fourth-order valence-corrected chi connectivity index (χ4v) is 2.96. The van der Waals surface area contributed by atoms with Gasteiger partial charge in [0.05, 0.1) is 6.04 Å². The van der Waals surface area contributed by atoms with E-state index in [0.29, 0.717) is 0 Å². The van der Waals surface area contributed by atoms with Crippen molar-refractivity contribution in [1.29, 1.82) is 0 Å². The minimum atomic E-state index is -0.248. The Kier molecular flexibility index (Phi) is 3.45. The van der Waals surface area contributed by atoms with Crippen molar-refractivity contribution in [2.45, 2.75) is 32.0 Å². The summed E-state index contributed by atoms with van der Waals surface area (Å²) in [5.41, 5.74) is 2.15. The highest BCUT2D eigenvalue weighted by Crippen LogP contribution is 2.42. The van der Waals surface area contributed by atoms with Crippen molar-refractivity contribution in [2.75, 3.05) is 0 Å². The number of nitrogens with one attached hydrogen (secondary N) is 1. The Bertz CT molecular complexity index is 624. The lowest BCUT2D eigenvalue weighted by Gasteiger charge is -2.27. The highest BCUT2D eigenvalue weighted by atomic mass is 35.5. The molecule has 0 aromatic heterocycles. The lowest BCUT2D eigenvalue weighted by molar-refractivity contribution is 0.0958. The van der Waals surface area contributed by atoms with Crippen LogP contribution in [0, 0.1) is 0 Å². The molecule has 2 nitrogen and oxygen atoms in total. The normalized spacial score (nSPS) is 19.4. The van der Waals surface area contributed by atoms with Crippen molar-refractivity contribution in [3.05, 3.63) is 64.7 Å². The Hall–Kier alpha value is -1.51. The van der Waals surface area contributed by atoms with Crippen LogP contribution in [0.3, 0.4) is 0 Å². The van der Waals surface area contributed by atoms with Gasteiger partial charge in [0.25, 0.3) is 0 Å². The topological polar surface area (TPSA) is 21.3 Å². The molecule has 1 unspecified atom stereocenters. The van der Waals surface area contributed by atoms with Crippen LogP contribution >= 0.6 is 11.6 Å². The molecule has 1 N–H and O–H groups in total. The largest absolute Gasteiger partial charge is 0.486 e. The van der Waals surface area contributed by atoms with Gasteiger partial charge in [0.15, 0.2) is 0 Å². The maximum absolute atomic E-state index is 6.03. The average Bonchev–Trinajstić information content (AvgIpc) is 2.66. The maximum Gasteiger partial charge on any atom is 0.125 e. The fourth-order valence-electron chi connectivity index (χ4n) is 2.75. The third-order valence-electron chi connectivity index (χ3n) is 3.70. The predicted molar refractivity (Wildman–Crippen MR) is 82.2 cm³/mol. The third kappa shape index (κ3) is 2.54. The first-order chi connectivity index (χ1) is 9.56. The molecule has 0 aliphatic carbocycles. The highest BCUT2D eigenvalue weighted by Gasteiger charge is 2.40. The lowest BCUT2D eigenvalue weighted by Crippen LogP contribution is -2.38. The molecule has 0 bridgehead atoms. The molecule has 1 aliphatic rings. The van der Waals surface area contributed by atoms with Crippen molar-refractivity contribution >= 4 is 11.6 Å². The first-order valence-corrected chi connectivity index (χ1v) is 7.20. The molecule has 3 rings (SSSR count). The monoisotopic (exact) mass is 287 g/mol. The molecule has 104 valence electrons. The van der Waals surface area contributed by atoms with Crippen LogP contribution in [0.15, 0.2) is 48.5 Å². The molecule has 1 heterocycles. The van der Waals surface area contributed by atoms with Crippen LogP contribution in [-0.2, 0) is 6.54 Å². The van der Waals surface area contributed by atoms with Gasteiger partial charge in [-0.25, -0.2) is 0 Å². The Balaban J connectivity index is 1.80. The summed E-state index contributed by atoms with van der Waals surface area (Å²) in [7, 11) is 0. The van der Waals surface area contributed by atoms with Crippen molar-refractivity contribution in [1.82, 2.24) is 5.32 Å². The summed E-state index contributed by atoms with van der Waals surface area (Å²) in [6.07, 6.45) is 0. The van der Waals surface area contributed by atoms with Gasteiger partial charge in [0, 0.05) is 17.1 Å². The van der Waals surface area contributed by atoms with Gasteiger partial charge in [-0.1, -0.05) is 41.9 Å². The Labute approximate surface area is 124 Å². The zero-order valence-electron chi connectivity index (χ0n) is 11.7. The van der Waals surface area contributed by atoms with Gasteiger partial charge >= 0.3 is 0 Å². The molecular weight excluding hydrogens is 270 g/mol. The first kappa shape index (κ1) is 13.5. The predicted octanol–water partition coefficient (Wildman–Crippen LogP) is 4.34. The SMILES string of the molecule is CC1(C)Oc2ccccc2C1NCc1cccc(Cl)c1. The highest BCUT2D eigenvalue weighted by molar-refractivity contribution is 6.30. The van der Waals surface area contributed by atoms with E-state index in [-0.39, 0.29) is 11.6 Å². The number of halogens is 1. The molecule has 0 saturated carbocycles. The van der Waals surface area contributed by atoms with E-state index in [1.54, 1.807) is 0 Å². The number of benzene rings is 2. The zero-order valence-corrected chi connectivity index (χ0v) is 12.4.